The van der Waals surface area contributed by atoms with E-state index >= 15 is 0 Å². The van der Waals surface area contributed by atoms with Crippen LogP contribution in [-0.2, 0) is 16.0 Å². The maximum atomic E-state index is 12.6. The first-order valence-corrected chi connectivity index (χ1v) is 10.7. The van der Waals surface area contributed by atoms with Crippen molar-refractivity contribution in [3.8, 4) is 0 Å². The van der Waals surface area contributed by atoms with Crippen molar-refractivity contribution in [3.63, 3.8) is 0 Å². The fourth-order valence-corrected chi connectivity index (χ4v) is 4.23. The normalized spacial score (nSPS) is 18.8. The molecule has 0 aromatic heterocycles. The van der Waals surface area contributed by atoms with Gasteiger partial charge in [0.25, 0.3) is 0 Å². The van der Waals surface area contributed by atoms with Crippen molar-refractivity contribution in [2.24, 2.45) is 5.92 Å². The van der Waals surface area contributed by atoms with Crippen molar-refractivity contribution < 1.29 is 9.59 Å². The van der Waals surface area contributed by atoms with Crippen LogP contribution in [0.4, 0.5) is 0 Å². The molecule has 148 valence electrons. The zero-order chi connectivity index (χ0) is 19.2. The van der Waals surface area contributed by atoms with Crippen LogP contribution in [0.25, 0.3) is 0 Å². The Kier molecular flexibility index (Phi) is 6.92. The molecule has 2 aliphatic heterocycles. The van der Waals surface area contributed by atoms with Crippen molar-refractivity contribution in [1.82, 2.24) is 9.80 Å². The van der Waals surface area contributed by atoms with Crippen molar-refractivity contribution in [3.05, 3.63) is 35.4 Å². The predicted molar refractivity (Wildman–Crippen MR) is 109 cm³/mol. The summed E-state index contributed by atoms with van der Waals surface area (Å²) in [7, 11) is 0. The Hall–Kier alpha value is -1.84. The third kappa shape index (κ3) is 5.33. The summed E-state index contributed by atoms with van der Waals surface area (Å²) in [5.41, 5.74) is 2.56. The fraction of sp³-hybridized carbons (Fsp3) is 0.652. The van der Waals surface area contributed by atoms with Gasteiger partial charge in [0.2, 0.25) is 11.8 Å². The highest BCUT2D eigenvalue weighted by molar-refractivity contribution is 5.80. The van der Waals surface area contributed by atoms with Gasteiger partial charge in [0.05, 0.1) is 0 Å². The number of hydrogen-bond acceptors (Lipinski definition) is 2. The van der Waals surface area contributed by atoms with Crippen molar-refractivity contribution >= 4 is 11.8 Å². The van der Waals surface area contributed by atoms with Crippen LogP contribution < -0.4 is 0 Å². The molecule has 4 heteroatoms. The molecule has 0 saturated carbocycles. The molecule has 0 radical (unpaired) electrons. The van der Waals surface area contributed by atoms with E-state index in [0.717, 1.165) is 58.3 Å². The topological polar surface area (TPSA) is 40.6 Å². The molecular weight excluding hydrogens is 336 g/mol. The van der Waals surface area contributed by atoms with Gasteiger partial charge in [-0.15, -0.1) is 0 Å². The lowest BCUT2D eigenvalue weighted by Gasteiger charge is -2.35. The zero-order valence-corrected chi connectivity index (χ0v) is 17.0. The van der Waals surface area contributed by atoms with Crippen LogP contribution in [0.3, 0.4) is 0 Å². The van der Waals surface area contributed by atoms with Gasteiger partial charge in [-0.25, -0.2) is 0 Å². The minimum atomic E-state index is 0.121. The van der Waals surface area contributed by atoms with Crippen molar-refractivity contribution in [2.75, 3.05) is 26.2 Å². The Morgan fingerprint density at radius 1 is 0.926 bits per heavy atom. The van der Waals surface area contributed by atoms with Crippen molar-refractivity contribution in [1.29, 1.82) is 0 Å². The van der Waals surface area contributed by atoms with E-state index in [4.69, 9.17) is 0 Å². The van der Waals surface area contributed by atoms with Crippen LogP contribution in [0.5, 0.6) is 0 Å². The zero-order valence-electron chi connectivity index (χ0n) is 17.0. The summed E-state index contributed by atoms with van der Waals surface area (Å²) in [4.78, 5) is 29.2. The summed E-state index contributed by atoms with van der Waals surface area (Å²) in [6, 6.07) is 8.63. The summed E-state index contributed by atoms with van der Waals surface area (Å²) in [6.45, 7) is 7.70. The Morgan fingerprint density at radius 3 is 2.15 bits per heavy atom. The van der Waals surface area contributed by atoms with Crippen molar-refractivity contribution in [2.45, 2.75) is 64.7 Å². The molecule has 0 aliphatic carbocycles. The minimum absolute atomic E-state index is 0.121. The Balaban J connectivity index is 1.42. The molecule has 2 saturated heterocycles. The number of benzene rings is 1. The van der Waals surface area contributed by atoms with E-state index in [-0.39, 0.29) is 11.8 Å². The molecule has 3 rings (SSSR count). The number of carbonyl (C=O) groups is 2. The largest absolute Gasteiger partial charge is 0.343 e. The molecule has 2 fully saturated rings. The third-order valence-electron chi connectivity index (χ3n) is 6.14. The van der Waals surface area contributed by atoms with Gasteiger partial charge in [0.15, 0.2) is 0 Å². The average Bonchev–Trinajstić information content (AvgIpc) is 2.72. The van der Waals surface area contributed by atoms with Gasteiger partial charge >= 0.3 is 0 Å². The molecular formula is C23H34N2O2. The molecule has 0 bridgehead atoms. The molecule has 2 amide bonds. The lowest BCUT2D eigenvalue weighted by atomic mass is 9.94. The number of likely N-dealkylation sites (tertiary alicyclic amines) is 2. The molecule has 1 aromatic rings. The lowest BCUT2D eigenvalue weighted by Crippen LogP contribution is -2.45. The van der Waals surface area contributed by atoms with E-state index in [9.17, 15) is 9.59 Å². The second-order valence-electron chi connectivity index (χ2n) is 8.44. The quantitative estimate of drug-likeness (QED) is 0.786. The van der Waals surface area contributed by atoms with E-state index in [2.05, 4.69) is 38.1 Å². The van der Waals surface area contributed by atoms with Gasteiger partial charge in [0.1, 0.15) is 0 Å². The molecule has 0 atom stereocenters. The first-order valence-electron chi connectivity index (χ1n) is 10.7. The highest BCUT2D eigenvalue weighted by Gasteiger charge is 2.30. The van der Waals surface area contributed by atoms with Crippen LogP contribution in [0, 0.1) is 5.92 Å². The second-order valence-corrected chi connectivity index (χ2v) is 8.44. The first kappa shape index (κ1) is 19.9. The number of hydrogen-bond donors (Lipinski definition) is 0. The van der Waals surface area contributed by atoms with Gasteiger partial charge in [-0.05, 0) is 55.6 Å². The standard InChI is InChI=1S/C23H34N2O2/c1-18(2)20-9-6-19(7-10-20)8-11-22(26)24-16-12-21(13-17-24)23(27)25-14-4-3-5-15-25/h6-7,9-10,18,21H,3-5,8,11-17H2,1-2H3. The molecule has 0 spiro atoms. The van der Waals surface area contributed by atoms with Crippen LogP contribution in [-0.4, -0.2) is 47.8 Å². The second kappa shape index (κ2) is 9.38. The molecule has 0 N–H and O–H groups in total. The number of amides is 2. The fourth-order valence-electron chi connectivity index (χ4n) is 4.23. The van der Waals surface area contributed by atoms with E-state index < -0.39 is 0 Å². The van der Waals surface area contributed by atoms with Gasteiger partial charge in [0, 0.05) is 38.5 Å². The molecule has 4 nitrogen and oxygen atoms in total. The first-order chi connectivity index (χ1) is 13.0. The Morgan fingerprint density at radius 2 is 1.56 bits per heavy atom. The SMILES string of the molecule is CC(C)c1ccc(CCC(=O)N2CCC(C(=O)N3CCCCC3)CC2)cc1. The predicted octanol–water partition coefficient (Wildman–Crippen LogP) is 3.99. The van der Waals surface area contributed by atoms with Gasteiger partial charge in [-0.2, -0.15) is 0 Å². The average molecular weight is 371 g/mol. The monoisotopic (exact) mass is 370 g/mol. The highest BCUT2D eigenvalue weighted by Crippen LogP contribution is 2.23. The highest BCUT2D eigenvalue weighted by atomic mass is 16.2. The number of piperidine rings is 2. The van der Waals surface area contributed by atoms with Gasteiger partial charge in [-0.1, -0.05) is 38.1 Å². The number of nitrogens with zero attached hydrogens (tertiary/aromatic N) is 2. The summed E-state index contributed by atoms with van der Waals surface area (Å²) in [5.74, 6) is 1.21. The van der Waals surface area contributed by atoms with Crippen LogP contribution in [0.1, 0.15) is 69.4 Å². The van der Waals surface area contributed by atoms with E-state index in [1.807, 2.05) is 9.80 Å². The summed E-state index contributed by atoms with van der Waals surface area (Å²) in [6.07, 6.45) is 6.53. The van der Waals surface area contributed by atoms with Gasteiger partial charge in [-0.3, -0.25) is 9.59 Å². The lowest BCUT2D eigenvalue weighted by molar-refractivity contribution is -0.141. The van der Waals surface area contributed by atoms with E-state index in [1.165, 1.54) is 17.5 Å². The summed E-state index contributed by atoms with van der Waals surface area (Å²) < 4.78 is 0. The maximum absolute atomic E-state index is 12.6. The number of aryl methyl sites for hydroxylation is 1. The Labute approximate surface area is 163 Å². The number of rotatable bonds is 5. The maximum Gasteiger partial charge on any atom is 0.225 e. The Bertz CT molecular complexity index is 624. The van der Waals surface area contributed by atoms with E-state index in [1.54, 1.807) is 0 Å². The van der Waals surface area contributed by atoms with Crippen LogP contribution >= 0.6 is 0 Å². The molecule has 27 heavy (non-hydrogen) atoms. The molecule has 1 aromatic carbocycles. The van der Waals surface area contributed by atoms with E-state index in [0.29, 0.717) is 18.2 Å². The third-order valence-corrected chi connectivity index (χ3v) is 6.14. The van der Waals surface area contributed by atoms with Crippen LogP contribution in [0.2, 0.25) is 0 Å². The van der Waals surface area contributed by atoms with Crippen LogP contribution in [0.15, 0.2) is 24.3 Å². The minimum Gasteiger partial charge on any atom is -0.343 e. The molecule has 2 aliphatic rings. The summed E-state index contributed by atoms with van der Waals surface area (Å²) in [5, 5.41) is 0. The molecule has 2 heterocycles. The molecule has 0 unspecified atom stereocenters. The summed E-state index contributed by atoms with van der Waals surface area (Å²) >= 11 is 0. The smallest absolute Gasteiger partial charge is 0.225 e. The van der Waals surface area contributed by atoms with Gasteiger partial charge < -0.3 is 9.80 Å². The number of carbonyl (C=O) groups excluding carboxylic acids is 2.